The molecule has 1 aliphatic heterocycles. The first-order valence-corrected chi connectivity index (χ1v) is 7.38. The fraction of sp³-hybridized carbons (Fsp3) is 0.500. The Balaban J connectivity index is 1.89. The van der Waals surface area contributed by atoms with Gasteiger partial charge in [-0.3, -0.25) is 14.5 Å². The number of likely N-dealkylation sites (N-methyl/N-ethyl adjacent to an activating group) is 1. The highest BCUT2D eigenvalue weighted by molar-refractivity contribution is 5.97. The molecule has 0 radical (unpaired) electrons. The lowest BCUT2D eigenvalue weighted by molar-refractivity contribution is -0.117. The monoisotopic (exact) mass is 289 g/mol. The van der Waals surface area contributed by atoms with E-state index in [1.54, 1.807) is 24.3 Å². The third kappa shape index (κ3) is 4.65. The molecular weight excluding hydrogens is 266 g/mol. The minimum Gasteiger partial charge on any atom is -0.325 e. The van der Waals surface area contributed by atoms with Gasteiger partial charge in [0.25, 0.3) is 0 Å². The number of rotatable bonds is 5. The van der Waals surface area contributed by atoms with Gasteiger partial charge in [-0.2, -0.15) is 0 Å². The molecule has 114 valence electrons. The van der Waals surface area contributed by atoms with E-state index in [1.807, 2.05) is 7.05 Å². The molecule has 5 heteroatoms. The van der Waals surface area contributed by atoms with Crippen molar-refractivity contribution in [2.75, 3.05) is 32.0 Å². The number of amides is 1. The van der Waals surface area contributed by atoms with E-state index in [4.69, 9.17) is 0 Å². The van der Waals surface area contributed by atoms with Crippen molar-refractivity contribution >= 4 is 17.4 Å². The van der Waals surface area contributed by atoms with Crippen molar-refractivity contribution in [3.8, 4) is 0 Å². The highest BCUT2D eigenvalue weighted by Gasteiger charge is 2.19. The van der Waals surface area contributed by atoms with Crippen molar-refractivity contribution in [2.24, 2.45) is 0 Å². The lowest BCUT2D eigenvalue weighted by Crippen LogP contribution is -2.44. The van der Waals surface area contributed by atoms with Gasteiger partial charge >= 0.3 is 0 Å². The Morgan fingerprint density at radius 3 is 2.71 bits per heavy atom. The van der Waals surface area contributed by atoms with Crippen LogP contribution in [-0.4, -0.2) is 49.3 Å². The SMILES string of the molecule is CC(=O)c1cccc(NC(=O)CN(C)C2CCNCC2)c1. The van der Waals surface area contributed by atoms with Gasteiger partial charge < -0.3 is 10.6 Å². The van der Waals surface area contributed by atoms with E-state index in [9.17, 15) is 9.59 Å². The number of piperidine rings is 1. The second-order valence-corrected chi connectivity index (χ2v) is 5.58. The van der Waals surface area contributed by atoms with E-state index in [2.05, 4.69) is 15.5 Å². The highest BCUT2D eigenvalue weighted by Crippen LogP contribution is 2.13. The molecule has 1 aromatic rings. The number of hydrogen-bond acceptors (Lipinski definition) is 4. The second-order valence-electron chi connectivity index (χ2n) is 5.58. The Morgan fingerprint density at radius 2 is 2.05 bits per heavy atom. The van der Waals surface area contributed by atoms with Crippen LogP contribution in [0, 0.1) is 0 Å². The van der Waals surface area contributed by atoms with Crippen molar-refractivity contribution < 1.29 is 9.59 Å². The number of Topliss-reactive ketones (excluding diaryl/α,β-unsaturated/α-hetero) is 1. The zero-order chi connectivity index (χ0) is 15.2. The highest BCUT2D eigenvalue weighted by atomic mass is 16.2. The van der Waals surface area contributed by atoms with Crippen LogP contribution in [-0.2, 0) is 4.79 Å². The maximum atomic E-state index is 12.1. The molecule has 0 spiro atoms. The van der Waals surface area contributed by atoms with E-state index < -0.39 is 0 Å². The summed E-state index contributed by atoms with van der Waals surface area (Å²) in [5.74, 6) is -0.0466. The first-order chi connectivity index (χ1) is 10.1. The molecule has 0 saturated carbocycles. The van der Waals surface area contributed by atoms with E-state index in [0.29, 0.717) is 23.8 Å². The first kappa shape index (κ1) is 15.7. The van der Waals surface area contributed by atoms with Crippen molar-refractivity contribution in [2.45, 2.75) is 25.8 Å². The number of ketones is 1. The van der Waals surface area contributed by atoms with E-state index in [0.717, 1.165) is 25.9 Å². The fourth-order valence-corrected chi connectivity index (χ4v) is 2.62. The average Bonchev–Trinajstić information content (AvgIpc) is 2.48. The van der Waals surface area contributed by atoms with Crippen LogP contribution in [0.4, 0.5) is 5.69 Å². The van der Waals surface area contributed by atoms with Crippen LogP contribution in [0.5, 0.6) is 0 Å². The van der Waals surface area contributed by atoms with Gasteiger partial charge in [0.1, 0.15) is 0 Å². The molecule has 1 fully saturated rings. The molecular formula is C16H23N3O2. The Morgan fingerprint density at radius 1 is 1.33 bits per heavy atom. The predicted octanol–water partition coefficient (Wildman–Crippen LogP) is 1.51. The topological polar surface area (TPSA) is 61.4 Å². The number of benzene rings is 1. The summed E-state index contributed by atoms with van der Waals surface area (Å²) in [7, 11) is 1.99. The number of nitrogens with zero attached hydrogens (tertiary/aromatic N) is 1. The molecule has 5 nitrogen and oxygen atoms in total. The molecule has 1 heterocycles. The Kier molecular flexibility index (Phi) is 5.47. The van der Waals surface area contributed by atoms with Gasteiger partial charge in [-0.25, -0.2) is 0 Å². The molecule has 0 bridgehead atoms. The maximum Gasteiger partial charge on any atom is 0.238 e. The molecule has 0 aliphatic carbocycles. The summed E-state index contributed by atoms with van der Waals surface area (Å²) in [5.41, 5.74) is 1.28. The molecule has 1 aromatic carbocycles. The van der Waals surface area contributed by atoms with Gasteiger partial charge in [-0.1, -0.05) is 12.1 Å². The van der Waals surface area contributed by atoms with E-state index in [1.165, 1.54) is 6.92 Å². The quantitative estimate of drug-likeness (QED) is 0.807. The van der Waals surface area contributed by atoms with Gasteiger partial charge in [-0.05, 0) is 52.0 Å². The first-order valence-electron chi connectivity index (χ1n) is 7.38. The third-order valence-electron chi connectivity index (χ3n) is 3.88. The number of nitrogens with one attached hydrogen (secondary N) is 2. The molecule has 1 aliphatic rings. The molecule has 1 saturated heterocycles. The summed E-state index contributed by atoms with van der Waals surface area (Å²) in [4.78, 5) is 25.5. The van der Waals surface area contributed by atoms with E-state index in [-0.39, 0.29) is 11.7 Å². The van der Waals surface area contributed by atoms with Gasteiger partial charge in [0, 0.05) is 17.3 Å². The smallest absolute Gasteiger partial charge is 0.238 e. The van der Waals surface area contributed by atoms with Crippen LogP contribution in [0.25, 0.3) is 0 Å². The van der Waals surface area contributed by atoms with Crippen molar-refractivity contribution in [1.29, 1.82) is 0 Å². The minimum atomic E-state index is -0.0447. The van der Waals surface area contributed by atoms with Crippen molar-refractivity contribution in [3.63, 3.8) is 0 Å². The summed E-state index contributed by atoms with van der Waals surface area (Å²) < 4.78 is 0. The second kappa shape index (κ2) is 7.33. The lowest BCUT2D eigenvalue weighted by atomic mass is 10.1. The molecule has 2 N–H and O–H groups in total. The van der Waals surface area contributed by atoms with Gasteiger partial charge in [0.15, 0.2) is 5.78 Å². The summed E-state index contributed by atoms with van der Waals surface area (Å²) in [6.45, 7) is 3.91. The Hall–Kier alpha value is -1.72. The number of carbonyl (C=O) groups is 2. The van der Waals surface area contributed by atoms with Crippen LogP contribution in [0.1, 0.15) is 30.1 Å². The molecule has 2 rings (SSSR count). The summed E-state index contributed by atoms with van der Waals surface area (Å²) in [6, 6.07) is 7.50. The minimum absolute atomic E-state index is 0.00192. The molecule has 21 heavy (non-hydrogen) atoms. The fourth-order valence-electron chi connectivity index (χ4n) is 2.62. The molecule has 0 unspecified atom stereocenters. The summed E-state index contributed by atoms with van der Waals surface area (Å²) in [5, 5.41) is 6.18. The lowest BCUT2D eigenvalue weighted by Gasteiger charge is -2.31. The molecule has 1 amide bonds. The van der Waals surface area contributed by atoms with Gasteiger partial charge in [0.05, 0.1) is 6.54 Å². The zero-order valence-corrected chi connectivity index (χ0v) is 12.7. The standard InChI is InChI=1S/C16H23N3O2/c1-12(20)13-4-3-5-14(10-13)18-16(21)11-19(2)15-6-8-17-9-7-15/h3-5,10,15,17H,6-9,11H2,1-2H3,(H,18,21). The van der Waals surface area contributed by atoms with Crippen LogP contribution < -0.4 is 10.6 Å². The molecule has 0 aromatic heterocycles. The average molecular weight is 289 g/mol. The van der Waals surface area contributed by atoms with Crippen LogP contribution >= 0.6 is 0 Å². The summed E-state index contributed by atoms with van der Waals surface area (Å²) in [6.07, 6.45) is 2.15. The van der Waals surface area contributed by atoms with Crippen LogP contribution in [0.3, 0.4) is 0 Å². The maximum absolute atomic E-state index is 12.1. The normalized spacial score (nSPS) is 16.0. The zero-order valence-electron chi connectivity index (χ0n) is 12.7. The van der Waals surface area contributed by atoms with Crippen LogP contribution in [0.2, 0.25) is 0 Å². The Labute approximate surface area is 125 Å². The van der Waals surface area contributed by atoms with Gasteiger partial charge in [0.2, 0.25) is 5.91 Å². The Bertz CT molecular complexity index is 510. The number of anilines is 1. The third-order valence-corrected chi connectivity index (χ3v) is 3.88. The van der Waals surface area contributed by atoms with Crippen LogP contribution in [0.15, 0.2) is 24.3 Å². The van der Waals surface area contributed by atoms with E-state index >= 15 is 0 Å². The van der Waals surface area contributed by atoms with Gasteiger partial charge in [-0.15, -0.1) is 0 Å². The number of hydrogen-bond donors (Lipinski definition) is 2. The largest absolute Gasteiger partial charge is 0.325 e. The van der Waals surface area contributed by atoms with Crippen molar-refractivity contribution in [3.05, 3.63) is 29.8 Å². The predicted molar refractivity (Wildman–Crippen MR) is 83.6 cm³/mol. The number of carbonyl (C=O) groups excluding carboxylic acids is 2. The summed E-state index contributed by atoms with van der Waals surface area (Å²) >= 11 is 0. The molecule has 0 atom stereocenters. The van der Waals surface area contributed by atoms with Crippen molar-refractivity contribution in [1.82, 2.24) is 10.2 Å².